The van der Waals surface area contributed by atoms with Gasteiger partial charge in [0, 0.05) is 5.39 Å². The Bertz CT molecular complexity index is 1020. The molecule has 1 aromatic carbocycles. The highest BCUT2D eigenvalue weighted by atomic mass is 16.5. The van der Waals surface area contributed by atoms with Crippen LogP contribution in [0.5, 0.6) is 5.75 Å². The summed E-state index contributed by atoms with van der Waals surface area (Å²) in [6.45, 7) is 5.40. The first kappa shape index (κ1) is 16.0. The highest BCUT2D eigenvalue weighted by molar-refractivity contribution is 6.06. The number of benzene rings is 1. The van der Waals surface area contributed by atoms with Crippen LogP contribution in [0.2, 0.25) is 0 Å². The third-order valence-corrected chi connectivity index (χ3v) is 3.96. The van der Waals surface area contributed by atoms with Crippen LogP contribution in [0.15, 0.2) is 27.4 Å². The number of hydrogen-bond acceptors (Lipinski definition) is 6. The van der Waals surface area contributed by atoms with Gasteiger partial charge in [0.1, 0.15) is 11.3 Å². The zero-order valence-electron chi connectivity index (χ0n) is 13.9. The molecule has 0 bridgehead atoms. The van der Waals surface area contributed by atoms with Gasteiger partial charge in [-0.15, -0.1) is 0 Å². The topological polar surface area (TPSA) is 78.6 Å². The summed E-state index contributed by atoms with van der Waals surface area (Å²) in [7, 11) is 1.56. The van der Waals surface area contributed by atoms with Crippen LogP contribution in [0.25, 0.3) is 21.9 Å². The van der Waals surface area contributed by atoms with Crippen LogP contribution in [0.1, 0.15) is 28.5 Å². The summed E-state index contributed by atoms with van der Waals surface area (Å²) in [5.74, 6) is 0.135. The molecule has 2 heterocycles. The van der Waals surface area contributed by atoms with Crippen molar-refractivity contribution in [3.05, 3.63) is 45.4 Å². The second-order valence-electron chi connectivity index (χ2n) is 5.39. The molecule has 0 aliphatic carbocycles. The summed E-state index contributed by atoms with van der Waals surface area (Å²) in [6, 6.07) is 5.14. The van der Waals surface area contributed by atoms with Gasteiger partial charge in [-0.2, -0.15) is 0 Å². The van der Waals surface area contributed by atoms with Crippen molar-refractivity contribution in [2.24, 2.45) is 0 Å². The van der Waals surface area contributed by atoms with Gasteiger partial charge in [0.25, 0.3) is 0 Å². The number of methoxy groups -OCH3 is 1. The molecule has 0 saturated heterocycles. The third-order valence-electron chi connectivity index (χ3n) is 3.96. The predicted molar refractivity (Wildman–Crippen MR) is 89.8 cm³/mol. The van der Waals surface area contributed by atoms with Crippen LogP contribution in [0.3, 0.4) is 0 Å². The van der Waals surface area contributed by atoms with E-state index in [4.69, 9.17) is 13.9 Å². The minimum absolute atomic E-state index is 0.249. The van der Waals surface area contributed by atoms with Crippen molar-refractivity contribution in [3.8, 4) is 5.75 Å². The predicted octanol–water partition coefficient (Wildman–Crippen LogP) is 3.14. The highest BCUT2D eigenvalue weighted by Gasteiger charge is 2.21. The number of carbonyl (C=O) groups is 1. The van der Waals surface area contributed by atoms with Crippen molar-refractivity contribution in [3.63, 3.8) is 0 Å². The average Bonchev–Trinajstić information content (AvgIpc) is 2.54. The molecule has 0 spiro atoms. The molecule has 0 atom stereocenters. The Kier molecular flexibility index (Phi) is 3.97. The van der Waals surface area contributed by atoms with Gasteiger partial charge in [0.2, 0.25) is 0 Å². The Morgan fingerprint density at radius 2 is 2.04 bits per heavy atom. The Labute approximate surface area is 138 Å². The van der Waals surface area contributed by atoms with Crippen LogP contribution in [0.4, 0.5) is 0 Å². The van der Waals surface area contributed by atoms with E-state index in [2.05, 4.69) is 4.98 Å². The first-order valence-electron chi connectivity index (χ1n) is 7.56. The van der Waals surface area contributed by atoms with Crippen molar-refractivity contribution < 1.29 is 18.7 Å². The van der Waals surface area contributed by atoms with E-state index >= 15 is 0 Å². The molecule has 0 radical (unpaired) electrons. The minimum Gasteiger partial charge on any atom is -0.497 e. The number of carbonyl (C=O) groups excluding carboxylic acids is 1. The fourth-order valence-corrected chi connectivity index (χ4v) is 2.86. The van der Waals surface area contributed by atoms with E-state index in [9.17, 15) is 9.59 Å². The second-order valence-corrected chi connectivity index (χ2v) is 5.39. The number of fused-ring (bicyclic) bond motifs is 3. The fourth-order valence-electron chi connectivity index (χ4n) is 2.86. The SMILES string of the molecule is CCOC(=O)c1c(C)nc2c(c1C)c(=O)oc1ccc(OC)cc12. The van der Waals surface area contributed by atoms with Gasteiger partial charge >= 0.3 is 11.6 Å². The molecule has 0 aliphatic rings. The van der Waals surface area contributed by atoms with Gasteiger partial charge < -0.3 is 13.9 Å². The Morgan fingerprint density at radius 1 is 1.29 bits per heavy atom. The maximum Gasteiger partial charge on any atom is 0.346 e. The molecule has 0 fully saturated rings. The Hall–Kier alpha value is -2.89. The molecular weight excluding hydrogens is 310 g/mol. The zero-order valence-corrected chi connectivity index (χ0v) is 13.9. The lowest BCUT2D eigenvalue weighted by atomic mass is 10.0. The molecule has 0 aliphatic heterocycles. The Balaban J connectivity index is 2.45. The van der Waals surface area contributed by atoms with Gasteiger partial charge in [-0.3, -0.25) is 4.98 Å². The number of aryl methyl sites for hydroxylation is 2. The molecule has 0 saturated carbocycles. The second kappa shape index (κ2) is 5.96. The van der Waals surface area contributed by atoms with E-state index in [1.54, 1.807) is 46.1 Å². The molecule has 2 aromatic heterocycles. The minimum atomic E-state index is -0.529. The van der Waals surface area contributed by atoms with Gasteiger partial charge in [0.15, 0.2) is 0 Å². The van der Waals surface area contributed by atoms with Crippen LogP contribution in [-0.2, 0) is 4.74 Å². The molecule has 3 rings (SSSR count). The summed E-state index contributed by atoms with van der Waals surface area (Å²) in [6.07, 6.45) is 0. The molecule has 6 nitrogen and oxygen atoms in total. The monoisotopic (exact) mass is 327 g/mol. The number of esters is 1. The lowest BCUT2D eigenvalue weighted by Gasteiger charge is -2.12. The normalized spacial score (nSPS) is 11.0. The van der Waals surface area contributed by atoms with E-state index in [-0.39, 0.29) is 12.0 Å². The maximum atomic E-state index is 12.4. The van der Waals surface area contributed by atoms with Gasteiger partial charge in [-0.25, -0.2) is 9.59 Å². The molecular formula is C18H17NO5. The van der Waals surface area contributed by atoms with Crippen LogP contribution in [-0.4, -0.2) is 24.7 Å². The van der Waals surface area contributed by atoms with Crippen LogP contribution < -0.4 is 10.4 Å². The standard InChI is InChI=1S/C18H17NO5/c1-5-23-17(20)14-9(2)15-16(19-10(14)3)12-8-11(22-4)6-7-13(12)24-18(15)21/h6-8H,5H2,1-4H3. The summed E-state index contributed by atoms with van der Waals surface area (Å²) < 4.78 is 15.7. The molecule has 0 unspecified atom stereocenters. The summed E-state index contributed by atoms with van der Waals surface area (Å²) >= 11 is 0. The van der Waals surface area contributed by atoms with Gasteiger partial charge in [-0.1, -0.05) is 0 Å². The van der Waals surface area contributed by atoms with E-state index in [0.717, 1.165) is 0 Å². The lowest BCUT2D eigenvalue weighted by Crippen LogP contribution is -2.14. The number of pyridine rings is 1. The largest absolute Gasteiger partial charge is 0.497 e. The van der Waals surface area contributed by atoms with Gasteiger partial charge in [-0.05, 0) is 44.5 Å². The zero-order chi connectivity index (χ0) is 17.4. The van der Waals surface area contributed by atoms with Crippen LogP contribution in [0, 0.1) is 13.8 Å². The van der Waals surface area contributed by atoms with Crippen LogP contribution >= 0.6 is 0 Å². The third kappa shape index (κ3) is 2.40. The molecule has 3 aromatic rings. The molecule has 124 valence electrons. The van der Waals surface area contributed by atoms with Crippen molar-refractivity contribution in [2.75, 3.05) is 13.7 Å². The number of nitrogens with zero attached hydrogens (tertiary/aromatic N) is 1. The molecule has 0 amide bonds. The van der Waals surface area contributed by atoms with E-state index in [1.807, 2.05) is 0 Å². The van der Waals surface area contributed by atoms with E-state index in [1.165, 1.54) is 0 Å². The Morgan fingerprint density at radius 3 is 2.71 bits per heavy atom. The first-order valence-corrected chi connectivity index (χ1v) is 7.56. The lowest BCUT2D eigenvalue weighted by molar-refractivity contribution is 0.0524. The number of aromatic nitrogens is 1. The van der Waals surface area contributed by atoms with Gasteiger partial charge in [0.05, 0.1) is 35.9 Å². The first-order chi connectivity index (χ1) is 11.5. The van der Waals surface area contributed by atoms with Crippen molar-refractivity contribution in [1.29, 1.82) is 0 Å². The van der Waals surface area contributed by atoms with Crippen molar-refractivity contribution in [2.45, 2.75) is 20.8 Å². The smallest absolute Gasteiger partial charge is 0.346 e. The highest BCUT2D eigenvalue weighted by Crippen LogP contribution is 2.29. The van der Waals surface area contributed by atoms with Crippen molar-refractivity contribution >= 4 is 27.8 Å². The number of hydrogen-bond donors (Lipinski definition) is 0. The number of ether oxygens (including phenoxy) is 2. The summed E-state index contributed by atoms with van der Waals surface area (Å²) in [4.78, 5) is 29.1. The summed E-state index contributed by atoms with van der Waals surface area (Å²) in [5.41, 5.74) is 1.70. The van der Waals surface area contributed by atoms with E-state index in [0.29, 0.717) is 39.1 Å². The van der Waals surface area contributed by atoms with E-state index < -0.39 is 11.6 Å². The summed E-state index contributed by atoms with van der Waals surface area (Å²) in [5, 5.41) is 0.940. The molecule has 0 N–H and O–H groups in total. The average molecular weight is 327 g/mol. The molecule has 24 heavy (non-hydrogen) atoms. The molecule has 6 heteroatoms. The fraction of sp³-hybridized carbons (Fsp3) is 0.278. The maximum absolute atomic E-state index is 12.4. The quantitative estimate of drug-likeness (QED) is 0.418. The van der Waals surface area contributed by atoms with Crippen molar-refractivity contribution in [1.82, 2.24) is 4.98 Å². The number of rotatable bonds is 3.